The molecule has 0 aromatic heterocycles. The molecule has 0 bridgehead atoms. The summed E-state index contributed by atoms with van der Waals surface area (Å²) in [6.45, 7) is 0. The quantitative estimate of drug-likeness (QED) is 0.697. The van der Waals surface area contributed by atoms with Gasteiger partial charge in [0.05, 0.1) is 0 Å². The molecule has 1 fully saturated rings. The first kappa shape index (κ1) is 9.72. The second-order valence-electron chi connectivity index (χ2n) is 4.01. The Kier molecular flexibility index (Phi) is 2.60. The van der Waals surface area contributed by atoms with E-state index in [9.17, 15) is 4.79 Å². The highest BCUT2D eigenvalue weighted by Gasteiger charge is 2.37. The van der Waals surface area contributed by atoms with Crippen LogP contribution in [0.2, 0.25) is 5.02 Å². The summed E-state index contributed by atoms with van der Waals surface area (Å²) in [6, 6.07) is 7.90. The Labute approximate surface area is 89.1 Å². The molecule has 1 aliphatic rings. The molecule has 0 N–H and O–H groups in total. The molecule has 0 spiro atoms. The summed E-state index contributed by atoms with van der Waals surface area (Å²) in [5.74, 6) is 0. The standard InChI is InChI=1S/C12H13ClO/c13-11-4-2-10(3-5-11)12(8-9-14)6-1-7-12/h2-5,9H,1,6-8H2. The summed E-state index contributed by atoms with van der Waals surface area (Å²) >= 11 is 5.83. The van der Waals surface area contributed by atoms with Gasteiger partial charge in [-0.25, -0.2) is 0 Å². The van der Waals surface area contributed by atoms with Crippen LogP contribution in [0.15, 0.2) is 24.3 Å². The van der Waals surface area contributed by atoms with Crippen LogP contribution in [0.5, 0.6) is 0 Å². The third kappa shape index (κ3) is 1.57. The van der Waals surface area contributed by atoms with Crippen LogP contribution in [-0.4, -0.2) is 6.29 Å². The molecular weight excluding hydrogens is 196 g/mol. The Morgan fingerprint density at radius 1 is 1.29 bits per heavy atom. The van der Waals surface area contributed by atoms with Crippen molar-refractivity contribution in [2.45, 2.75) is 31.1 Å². The van der Waals surface area contributed by atoms with Gasteiger partial charge in [-0.2, -0.15) is 0 Å². The molecule has 0 atom stereocenters. The van der Waals surface area contributed by atoms with Crippen molar-refractivity contribution in [3.05, 3.63) is 34.9 Å². The van der Waals surface area contributed by atoms with Gasteiger partial charge in [-0.15, -0.1) is 0 Å². The topological polar surface area (TPSA) is 17.1 Å². The molecule has 1 aromatic carbocycles. The third-order valence-corrected chi connectivity index (χ3v) is 3.49. The van der Waals surface area contributed by atoms with Crippen LogP contribution in [0.4, 0.5) is 0 Å². The molecule has 0 saturated heterocycles. The molecule has 0 unspecified atom stereocenters. The molecule has 0 amide bonds. The fourth-order valence-corrected chi connectivity index (χ4v) is 2.30. The normalized spacial score (nSPS) is 18.6. The van der Waals surface area contributed by atoms with Crippen LogP contribution in [-0.2, 0) is 10.2 Å². The predicted molar refractivity (Wildman–Crippen MR) is 57.7 cm³/mol. The summed E-state index contributed by atoms with van der Waals surface area (Å²) in [5, 5.41) is 0.759. The van der Waals surface area contributed by atoms with Gasteiger partial charge in [-0.3, -0.25) is 0 Å². The molecule has 1 aromatic rings. The van der Waals surface area contributed by atoms with Gasteiger partial charge in [0.1, 0.15) is 6.29 Å². The minimum Gasteiger partial charge on any atom is -0.303 e. The summed E-state index contributed by atoms with van der Waals surface area (Å²) < 4.78 is 0. The van der Waals surface area contributed by atoms with E-state index in [0.717, 1.165) is 24.2 Å². The fraction of sp³-hybridized carbons (Fsp3) is 0.417. The SMILES string of the molecule is O=CCC1(c2ccc(Cl)cc2)CCC1. The number of hydrogen-bond donors (Lipinski definition) is 0. The highest BCUT2D eigenvalue weighted by molar-refractivity contribution is 6.30. The number of hydrogen-bond acceptors (Lipinski definition) is 1. The predicted octanol–water partition coefficient (Wildman–Crippen LogP) is 3.35. The number of aldehydes is 1. The minimum absolute atomic E-state index is 0.131. The van der Waals surface area contributed by atoms with Crippen LogP contribution >= 0.6 is 11.6 Å². The Bertz CT molecular complexity index is 325. The monoisotopic (exact) mass is 208 g/mol. The Morgan fingerprint density at radius 3 is 2.36 bits per heavy atom. The summed E-state index contributed by atoms with van der Waals surface area (Å²) in [6.07, 6.45) is 5.18. The van der Waals surface area contributed by atoms with Gasteiger partial charge in [0.15, 0.2) is 0 Å². The zero-order chi connectivity index (χ0) is 10.0. The molecule has 1 nitrogen and oxygen atoms in total. The van der Waals surface area contributed by atoms with Crippen LogP contribution in [0.25, 0.3) is 0 Å². The van der Waals surface area contributed by atoms with Gasteiger partial charge in [-0.1, -0.05) is 30.2 Å². The average Bonchev–Trinajstić information content (AvgIpc) is 2.13. The van der Waals surface area contributed by atoms with Gasteiger partial charge in [0.25, 0.3) is 0 Å². The van der Waals surface area contributed by atoms with Gasteiger partial charge >= 0.3 is 0 Å². The van der Waals surface area contributed by atoms with E-state index >= 15 is 0 Å². The van der Waals surface area contributed by atoms with Crippen LogP contribution in [0.3, 0.4) is 0 Å². The number of halogens is 1. The maximum Gasteiger partial charge on any atom is 0.120 e. The molecular formula is C12H13ClO. The summed E-state index contributed by atoms with van der Waals surface area (Å²) in [4.78, 5) is 10.6. The number of carbonyl (C=O) groups is 1. The van der Waals surface area contributed by atoms with E-state index in [1.807, 2.05) is 24.3 Å². The van der Waals surface area contributed by atoms with E-state index in [2.05, 4.69) is 0 Å². The highest BCUT2D eigenvalue weighted by Crippen LogP contribution is 2.45. The zero-order valence-corrected chi connectivity index (χ0v) is 8.76. The molecule has 1 aliphatic carbocycles. The van der Waals surface area contributed by atoms with Gasteiger partial charge in [0.2, 0.25) is 0 Å². The van der Waals surface area contributed by atoms with E-state index in [0.29, 0.717) is 6.42 Å². The second-order valence-corrected chi connectivity index (χ2v) is 4.45. The number of rotatable bonds is 3. The Hall–Kier alpha value is -0.820. The molecule has 2 heteroatoms. The first-order valence-corrected chi connectivity index (χ1v) is 5.34. The van der Waals surface area contributed by atoms with Gasteiger partial charge < -0.3 is 4.79 Å². The Morgan fingerprint density at radius 2 is 1.93 bits per heavy atom. The average molecular weight is 209 g/mol. The van der Waals surface area contributed by atoms with E-state index < -0.39 is 0 Å². The second kappa shape index (κ2) is 3.74. The molecule has 1 saturated carbocycles. The van der Waals surface area contributed by atoms with Gasteiger partial charge in [-0.05, 0) is 30.5 Å². The molecule has 14 heavy (non-hydrogen) atoms. The molecule has 0 radical (unpaired) electrons. The van der Waals surface area contributed by atoms with Crippen LogP contribution < -0.4 is 0 Å². The van der Waals surface area contributed by atoms with Crippen molar-refractivity contribution in [3.8, 4) is 0 Å². The van der Waals surface area contributed by atoms with Crippen molar-refractivity contribution in [2.75, 3.05) is 0 Å². The van der Waals surface area contributed by atoms with E-state index in [-0.39, 0.29) is 5.41 Å². The van der Waals surface area contributed by atoms with Crippen molar-refractivity contribution in [1.29, 1.82) is 0 Å². The highest BCUT2D eigenvalue weighted by atomic mass is 35.5. The van der Waals surface area contributed by atoms with Crippen molar-refractivity contribution in [2.24, 2.45) is 0 Å². The first-order chi connectivity index (χ1) is 6.77. The zero-order valence-electron chi connectivity index (χ0n) is 8.00. The fourth-order valence-electron chi connectivity index (χ4n) is 2.18. The van der Waals surface area contributed by atoms with Crippen LogP contribution in [0, 0.1) is 0 Å². The minimum atomic E-state index is 0.131. The summed E-state index contributed by atoms with van der Waals surface area (Å²) in [5.41, 5.74) is 1.40. The smallest absolute Gasteiger partial charge is 0.120 e. The lowest BCUT2D eigenvalue weighted by atomic mass is 9.63. The number of benzene rings is 1. The maximum absolute atomic E-state index is 10.6. The summed E-state index contributed by atoms with van der Waals surface area (Å²) in [7, 11) is 0. The van der Waals surface area contributed by atoms with Crippen LogP contribution in [0.1, 0.15) is 31.2 Å². The lowest BCUT2D eigenvalue weighted by Gasteiger charge is -2.41. The van der Waals surface area contributed by atoms with E-state index in [4.69, 9.17) is 11.6 Å². The van der Waals surface area contributed by atoms with Gasteiger partial charge in [0, 0.05) is 16.9 Å². The van der Waals surface area contributed by atoms with Crippen molar-refractivity contribution in [3.63, 3.8) is 0 Å². The first-order valence-electron chi connectivity index (χ1n) is 4.96. The maximum atomic E-state index is 10.6. The number of carbonyl (C=O) groups excluding carboxylic acids is 1. The third-order valence-electron chi connectivity index (χ3n) is 3.24. The van der Waals surface area contributed by atoms with E-state index in [1.165, 1.54) is 12.0 Å². The van der Waals surface area contributed by atoms with E-state index in [1.54, 1.807) is 0 Å². The molecule has 2 rings (SSSR count). The largest absolute Gasteiger partial charge is 0.303 e. The van der Waals surface area contributed by atoms with Crippen molar-refractivity contribution >= 4 is 17.9 Å². The van der Waals surface area contributed by atoms with Crippen molar-refractivity contribution in [1.82, 2.24) is 0 Å². The molecule has 74 valence electrons. The lowest BCUT2D eigenvalue weighted by molar-refractivity contribution is -0.109. The van der Waals surface area contributed by atoms with Crippen molar-refractivity contribution < 1.29 is 4.79 Å². The Balaban J connectivity index is 2.27. The molecule has 0 aliphatic heterocycles. The lowest BCUT2D eigenvalue weighted by Crippen LogP contribution is -2.34. The molecule has 0 heterocycles.